The molecule has 0 bridgehead atoms. The normalized spacial score (nSPS) is 11.4. The summed E-state index contributed by atoms with van der Waals surface area (Å²) < 4.78 is 3.30. The van der Waals surface area contributed by atoms with E-state index >= 15 is 0 Å². The van der Waals surface area contributed by atoms with Crippen LogP contribution in [0.5, 0.6) is 0 Å². The molecule has 0 heterocycles. The fourth-order valence-electron chi connectivity index (χ4n) is 1.34. The summed E-state index contributed by atoms with van der Waals surface area (Å²) in [6, 6.07) is 8.45. The van der Waals surface area contributed by atoms with E-state index < -0.39 is 0 Å². The molecule has 0 fully saturated rings. The van der Waals surface area contributed by atoms with Crippen molar-refractivity contribution in [2.45, 2.75) is 26.2 Å². The van der Waals surface area contributed by atoms with Gasteiger partial charge in [-0.15, -0.1) is 0 Å². The van der Waals surface area contributed by atoms with Crippen LogP contribution in [0.4, 0.5) is 5.69 Å². The Morgan fingerprint density at radius 3 is 2.31 bits per heavy atom. The number of hydrogen-bond donors (Lipinski definition) is 1. The van der Waals surface area contributed by atoms with Crippen LogP contribution in [0.15, 0.2) is 24.3 Å². The van der Waals surface area contributed by atoms with Gasteiger partial charge in [-0.3, -0.25) is 0 Å². The standard InChI is InChI=1S/C11H17NS/c1-11(2,3)9-7-5-6-8-10(9)12-13-4/h5-8,12H,1-4H3. The van der Waals surface area contributed by atoms with Crippen molar-refractivity contribution in [3.8, 4) is 0 Å². The van der Waals surface area contributed by atoms with Gasteiger partial charge in [0.25, 0.3) is 0 Å². The number of para-hydroxylation sites is 1. The lowest BCUT2D eigenvalue weighted by Gasteiger charge is -2.22. The largest absolute Gasteiger partial charge is 0.330 e. The summed E-state index contributed by atoms with van der Waals surface area (Å²) in [7, 11) is 0. The molecule has 0 aliphatic carbocycles. The van der Waals surface area contributed by atoms with Gasteiger partial charge in [0.1, 0.15) is 0 Å². The van der Waals surface area contributed by atoms with E-state index in [-0.39, 0.29) is 5.41 Å². The van der Waals surface area contributed by atoms with Gasteiger partial charge >= 0.3 is 0 Å². The van der Waals surface area contributed by atoms with Gasteiger partial charge in [-0.05, 0) is 17.0 Å². The van der Waals surface area contributed by atoms with Crippen molar-refractivity contribution in [3.05, 3.63) is 29.8 Å². The zero-order valence-electron chi connectivity index (χ0n) is 8.72. The van der Waals surface area contributed by atoms with Crippen molar-refractivity contribution in [3.63, 3.8) is 0 Å². The molecule has 2 heteroatoms. The zero-order chi connectivity index (χ0) is 9.90. The van der Waals surface area contributed by atoms with Crippen LogP contribution in [-0.2, 0) is 5.41 Å². The number of nitrogens with one attached hydrogen (secondary N) is 1. The first-order valence-corrected chi connectivity index (χ1v) is 5.66. The first kappa shape index (κ1) is 10.5. The molecule has 0 atom stereocenters. The van der Waals surface area contributed by atoms with Gasteiger partial charge in [-0.1, -0.05) is 50.9 Å². The minimum absolute atomic E-state index is 0.208. The van der Waals surface area contributed by atoms with E-state index in [1.165, 1.54) is 11.3 Å². The van der Waals surface area contributed by atoms with Crippen molar-refractivity contribution in [2.24, 2.45) is 0 Å². The smallest absolute Gasteiger partial charge is 0.0477 e. The van der Waals surface area contributed by atoms with E-state index in [9.17, 15) is 0 Å². The molecule has 0 amide bonds. The van der Waals surface area contributed by atoms with Crippen molar-refractivity contribution in [1.29, 1.82) is 0 Å². The second-order valence-corrected chi connectivity index (χ2v) is 4.71. The Morgan fingerprint density at radius 2 is 1.77 bits per heavy atom. The molecule has 0 saturated heterocycles. The number of benzene rings is 1. The molecule has 13 heavy (non-hydrogen) atoms. The first-order chi connectivity index (χ1) is 6.05. The maximum atomic E-state index is 3.30. The predicted octanol–water partition coefficient (Wildman–Crippen LogP) is 3.67. The fourth-order valence-corrected chi connectivity index (χ4v) is 1.73. The van der Waals surface area contributed by atoms with Crippen LogP contribution < -0.4 is 4.72 Å². The number of rotatable bonds is 2. The molecule has 0 unspecified atom stereocenters. The summed E-state index contributed by atoms with van der Waals surface area (Å²) in [4.78, 5) is 0. The molecule has 72 valence electrons. The second-order valence-electron chi connectivity index (χ2n) is 4.10. The minimum atomic E-state index is 0.208. The van der Waals surface area contributed by atoms with Gasteiger partial charge in [0.2, 0.25) is 0 Å². The third-order valence-electron chi connectivity index (χ3n) is 1.95. The van der Waals surface area contributed by atoms with Crippen LogP contribution in [0.2, 0.25) is 0 Å². The Balaban J connectivity index is 3.05. The molecule has 1 rings (SSSR count). The van der Waals surface area contributed by atoms with Gasteiger partial charge in [-0.2, -0.15) is 0 Å². The quantitative estimate of drug-likeness (QED) is 0.723. The van der Waals surface area contributed by atoms with Crippen LogP contribution in [0.25, 0.3) is 0 Å². The lowest BCUT2D eigenvalue weighted by Crippen LogP contribution is -2.12. The molecule has 1 aromatic rings. The first-order valence-electron chi connectivity index (χ1n) is 4.44. The molecular weight excluding hydrogens is 178 g/mol. The Morgan fingerprint density at radius 1 is 1.15 bits per heavy atom. The van der Waals surface area contributed by atoms with Gasteiger partial charge in [0.05, 0.1) is 0 Å². The molecule has 0 aromatic heterocycles. The highest BCUT2D eigenvalue weighted by Gasteiger charge is 2.16. The topological polar surface area (TPSA) is 12.0 Å². The van der Waals surface area contributed by atoms with E-state index in [1.54, 1.807) is 11.9 Å². The molecule has 0 radical (unpaired) electrons. The van der Waals surface area contributed by atoms with Crippen molar-refractivity contribution < 1.29 is 0 Å². The van der Waals surface area contributed by atoms with E-state index in [4.69, 9.17) is 0 Å². The molecule has 0 spiro atoms. The van der Waals surface area contributed by atoms with Crippen LogP contribution in [0, 0.1) is 0 Å². The van der Waals surface area contributed by atoms with E-state index in [0.29, 0.717) is 0 Å². The van der Waals surface area contributed by atoms with E-state index in [0.717, 1.165) is 0 Å². The fraction of sp³-hybridized carbons (Fsp3) is 0.455. The maximum Gasteiger partial charge on any atom is 0.0477 e. The van der Waals surface area contributed by atoms with Crippen LogP contribution in [0.3, 0.4) is 0 Å². The molecular formula is C11H17NS. The highest BCUT2D eigenvalue weighted by atomic mass is 32.2. The monoisotopic (exact) mass is 195 g/mol. The number of anilines is 1. The minimum Gasteiger partial charge on any atom is -0.330 e. The average molecular weight is 195 g/mol. The highest BCUT2D eigenvalue weighted by Crippen LogP contribution is 2.30. The van der Waals surface area contributed by atoms with E-state index in [2.05, 4.69) is 49.8 Å². The molecule has 0 aliphatic rings. The van der Waals surface area contributed by atoms with Crippen molar-refractivity contribution in [1.82, 2.24) is 0 Å². The third-order valence-corrected chi connectivity index (χ3v) is 2.37. The van der Waals surface area contributed by atoms with Crippen LogP contribution in [0.1, 0.15) is 26.3 Å². The van der Waals surface area contributed by atoms with Gasteiger partial charge in [-0.25, -0.2) is 0 Å². The Bertz CT molecular complexity index is 276. The molecule has 1 nitrogen and oxygen atoms in total. The van der Waals surface area contributed by atoms with E-state index in [1.807, 2.05) is 6.26 Å². The van der Waals surface area contributed by atoms with Crippen molar-refractivity contribution in [2.75, 3.05) is 11.0 Å². The van der Waals surface area contributed by atoms with Gasteiger partial charge < -0.3 is 4.72 Å². The summed E-state index contributed by atoms with van der Waals surface area (Å²) in [5.74, 6) is 0. The van der Waals surface area contributed by atoms with Gasteiger partial charge in [0, 0.05) is 11.9 Å². The molecule has 1 aromatic carbocycles. The second kappa shape index (κ2) is 4.05. The molecule has 0 aliphatic heterocycles. The Labute approximate surface area is 85.1 Å². The summed E-state index contributed by atoms with van der Waals surface area (Å²) in [6.45, 7) is 6.69. The van der Waals surface area contributed by atoms with Gasteiger partial charge in [0.15, 0.2) is 0 Å². The lowest BCUT2D eigenvalue weighted by atomic mass is 9.86. The van der Waals surface area contributed by atoms with Crippen LogP contribution in [-0.4, -0.2) is 6.26 Å². The third kappa shape index (κ3) is 2.66. The summed E-state index contributed by atoms with van der Waals surface area (Å²) in [6.07, 6.45) is 2.04. The molecule has 0 saturated carbocycles. The van der Waals surface area contributed by atoms with Crippen molar-refractivity contribution >= 4 is 17.6 Å². The maximum absolute atomic E-state index is 3.30. The average Bonchev–Trinajstić information content (AvgIpc) is 2.04. The highest BCUT2D eigenvalue weighted by molar-refractivity contribution is 7.99. The lowest BCUT2D eigenvalue weighted by molar-refractivity contribution is 0.592. The SMILES string of the molecule is CSNc1ccccc1C(C)(C)C. The number of hydrogen-bond acceptors (Lipinski definition) is 2. The summed E-state index contributed by atoms with van der Waals surface area (Å²) >= 11 is 1.63. The van der Waals surface area contributed by atoms with Crippen LogP contribution >= 0.6 is 11.9 Å². The Hall–Kier alpha value is -0.630. The summed E-state index contributed by atoms with van der Waals surface area (Å²) in [5, 5.41) is 0. The zero-order valence-corrected chi connectivity index (χ0v) is 9.53. The summed E-state index contributed by atoms with van der Waals surface area (Å²) in [5.41, 5.74) is 2.80. The molecule has 1 N–H and O–H groups in total. The predicted molar refractivity (Wildman–Crippen MR) is 62.3 cm³/mol. The Kier molecular flexibility index (Phi) is 3.26.